The Bertz CT molecular complexity index is 540. The molecule has 22 heavy (non-hydrogen) atoms. The Morgan fingerprint density at radius 3 is 3.05 bits per heavy atom. The molecule has 3 rings (SSSR count). The first-order chi connectivity index (χ1) is 10.7. The monoisotopic (exact) mass is 319 g/mol. The van der Waals surface area contributed by atoms with Gasteiger partial charge in [-0.25, -0.2) is 0 Å². The zero-order valence-electron chi connectivity index (χ0n) is 13.1. The van der Waals surface area contributed by atoms with Crippen molar-refractivity contribution in [3.05, 3.63) is 35.4 Å². The summed E-state index contributed by atoms with van der Waals surface area (Å²) in [7, 11) is 1.78. The van der Waals surface area contributed by atoms with E-state index in [1.54, 1.807) is 7.05 Å². The fourth-order valence-electron chi connectivity index (χ4n) is 3.28. The number of hydrogen-bond acceptors (Lipinski definition) is 3. The van der Waals surface area contributed by atoms with Crippen LogP contribution in [0.3, 0.4) is 0 Å². The van der Waals surface area contributed by atoms with Crippen LogP contribution in [0.25, 0.3) is 0 Å². The number of nitrogens with one attached hydrogen (secondary N) is 2. The molecule has 1 aromatic rings. The maximum atomic E-state index is 10.4. The Morgan fingerprint density at radius 1 is 1.41 bits per heavy atom. The highest BCUT2D eigenvalue weighted by Gasteiger charge is 2.31. The minimum Gasteiger partial charge on any atom is -0.387 e. The number of rotatable bonds is 4. The molecule has 0 amide bonds. The summed E-state index contributed by atoms with van der Waals surface area (Å²) in [5.41, 5.74) is 2.37. The summed E-state index contributed by atoms with van der Waals surface area (Å²) >= 11 is 1.82. The van der Waals surface area contributed by atoms with E-state index in [9.17, 15) is 5.11 Å². The molecule has 2 aliphatic rings. The van der Waals surface area contributed by atoms with Crippen molar-refractivity contribution in [2.45, 2.75) is 30.8 Å². The molecule has 1 heterocycles. The molecule has 120 valence electrons. The Hall–Kier alpha value is -1.20. The first kappa shape index (κ1) is 15.7. The van der Waals surface area contributed by atoms with Crippen LogP contribution in [0.5, 0.6) is 0 Å². The van der Waals surface area contributed by atoms with E-state index in [1.807, 2.05) is 11.8 Å². The molecule has 1 aliphatic carbocycles. The highest BCUT2D eigenvalue weighted by molar-refractivity contribution is 7.99. The summed E-state index contributed by atoms with van der Waals surface area (Å²) in [6.45, 7) is 1.46. The van der Waals surface area contributed by atoms with Gasteiger partial charge in [0.1, 0.15) is 0 Å². The topological polar surface area (TPSA) is 56.7 Å². The third-order valence-corrected chi connectivity index (χ3v) is 5.90. The highest BCUT2D eigenvalue weighted by Crippen LogP contribution is 2.32. The average molecular weight is 319 g/mol. The maximum Gasteiger partial charge on any atom is 0.191 e. The minimum atomic E-state index is -0.581. The van der Waals surface area contributed by atoms with Gasteiger partial charge in [0.15, 0.2) is 5.96 Å². The molecule has 4 nitrogen and oxygen atoms in total. The smallest absolute Gasteiger partial charge is 0.191 e. The second-order valence-corrected chi connectivity index (χ2v) is 7.37. The molecule has 0 saturated carbocycles. The molecular weight excluding hydrogens is 294 g/mol. The molecule has 5 heteroatoms. The van der Waals surface area contributed by atoms with Crippen molar-refractivity contribution < 1.29 is 5.11 Å². The van der Waals surface area contributed by atoms with Crippen molar-refractivity contribution >= 4 is 17.7 Å². The van der Waals surface area contributed by atoms with Gasteiger partial charge in [-0.1, -0.05) is 24.3 Å². The number of aliphatic imine (C=N–C) groups is 1. The van der Waals surface area contributed by atoms with E-state index >= 15 is 0 Å². The Kier molecular flexibility index (Phi) is 4.93. The first-order valence-electron chi connectivity index (χ1n) is 8.03. The van der Waals surface area contributed by atoms with Crippen molar-refractivity contribution in [1.29, 1.82) is 0 Å². The van der Waals surface area contributed by atoms with Crippen LogP contribution in [0.1, 0.15) is 29.9 Å². The van der Waals surface area contributed by atoms with Gasteiger partial charge in [-0.3, -0.25) is 4.99 Å². The van der Waals surface area contributed by atoms with Crippen molar-refractivity contribution in [1.82, 2.24) is 10.6 Å². The van der Waals surface area contributed by atoms with Crippen LogP contribution < -0.4 is 10.6 Å². The molecule has 0 aromatic heterocycles. The van der Waals surface area contributed by atoms with E-state index in [0.29, 0.717) is 12.5 Å². The van der Waals surface area contributed by atoms with Crippen LogP contribution in [-0.2, 0) is 6.42 Å². The molecular formula is C17H25N3OS. The van der Waals surface area contributed by atoms with Gasteiger partial charge in [0.25, 0.3) is 0 Å². The maximum absolute atomic E-state index is 10.4. The number of aliphatic hydroxyl groups is 1. The van der Waals surface area contributed by atoms with Gasteiger partial charge >= 0.3 is 0 Å². The fourth-order valence-corrected chi connectivity index (χ4v) is 4.58. The van der Waals surface area contributed by atoms with Gasteiger partial charge in [-0.2, -0.15) is 11.8 Å². The Labute approximate surface area is 136 Å². The molecule has 0 bridgehead atoms. The largest absolute Gasteiger partial charge is 0.387 e. The van der Waals surface area contributed by atoms with E-state index in [0.717, 1.165) is 30.4 Å². The van der Waals surface area contributed by atoms with Crippen LogP contribution in [0.15, 0.2) is 29.3 Å². The molecule has 2 unspecified atom stereocenters. The molecule has 3 N–H and O–H groups in total. The van der Waals surface area contributed by atoms with E-state index in [-0.39, 0.29) is 0 Å². The zero-order valence-corrected chi connectivity index (χ0v) is 14.0. The predicted molar refractivity (Wildman–Crippen MR) is 93.8 cm³/mol. The van der Waals surface area contributed by atoms with E-state index in [2.05, 4.69) is 39.9 Å². The van der Waals surface area contributed by atoms with Crippen molar-refractivity contribution in [3.8, 4) is 0 Å². The standard InChI is InChI=1S/C17H25N3OS/c1-18-16(20-11-17(21)8-9-22-12-17)19-10-14-7-6-13-4-2-3-5-15(13)14/h2-5,14,21H,6-12H2,1H3,(H2,18,19,20). The number of benzene rings is 1. The molecule has 0 spiro atoms. The lowest BCUT2D eigenvalue weighted by molar-refractivity contribution is 0.0724. The van der Waals surface area contributed by atoms with Gasteiger partial charge in [0, 0.05) is 31.8 Å². The molecule has 1 fully saturated rings. The zero-order chi connectivity index (χ0) is 15.4. The molecule has 2 atom stereocenters. The summed E-state index contributed by atoms with van der Waals surface area (Å²) in [4.78, 5) is 4.27. The van der Waals surface area contributed by atoms with Crippen molar-refractivity contribution in [2.24, 2.45) is 4.99 Å². The van der Waals surface area contributed by atoms with Gasteiger partial charge in [-0.15, -0.1) is 0 Å². The minimum absolute atomic E-state index is 0.555. The lowest BCUT2D eigenvalue weighted by Gasteiger charge is -2.23. The first-order valence-corrected chi connectivity index (χ1v) is 9.18. The lowest BCUT2D eigenvalue weighted by Crippen LogP contribution is -2.47. The third-order valence-electron chi connectivity index (χ3n) is 4.66. The Balaban J connectivity index is 1.50. The molecule has 0 radical (unpaired) electrons. The second kappa shape index (κ2) is 6.92. The lowest BCUT2D eigenvalue weighted by atomic mass is 10.0. The summed E-state index contributed by atoms with van der Waals surface area (Å²) in [5.74, 6) is 3.20. The highest BCUT2D eigenvalue weighted by atomic mass is 32.2. The van der Waals surface area contributed by atoms with Crippen molar-refractivity contribution in [2.75, 3.05) is 31.6 Å². The fraction of sp³-hybridized carbons (Fsp3) is 0.588. The number of nitrogens with zero attached hydrogens (tertiary/aromatic N) is 1. The van der Waals surface area contributed by atoms with Gasteiger partial charge < -0.3 is 15.7 Å². The van der Waals surface area contributed by atoms with Gasteiger partial charge in [0.05, 0.1) is 5.60 Å². The average Bonchev–Trinajstić information content (AvgIpc) is 3.15. The van der Waals surface area contributed by atoms with Crippen molar-refractivity contribution in [3.63, 3.8) is 0 Å². The number of fused-ring (bicyclic) bond motifs is 1. The number of thioether (sulfide) groups is 1. The number of guanidine groups is 1. The summed E-state index contributed by atoms with van der Waals surface area (Å²) in [5, 5.41) is 17.1. The number of hydrogen-bond donors (Lipinski definition) is 3. The van der Waals surface area contributed by atoms with Gasteiger partial charge in [0.2, 0.25) is 0 Å². The van der Waals surface area contributed by atoms with E-state index in [1.165, 1.54) is 24.0 Å². The van der Waals surface area contributed by atoms with E-state index in [4.69, 9.17) is 0 Å². The van der Waals surface area contributed by atoms with Crippen LogP contribution in [0.4, 0.5) is 0 Å². The molecule has 1 aromatic carbocycles. The summed E-state index contributed by atoms with van der Waals surface area (Å²) in [6, 6.07) is 8.71. The normalized spacial score (nSPS) is 27.7. The van der Waals surface area contributed by atoms with Crippen LogP contribution in [0, 0.1) is 0 Å². The van der Waals surface area contributed by atoms with Crippen LogP contribution in [-0.4, -0.2) is 48.3 Å². The number of aryl methyl sites for hydroxylation is 1. The predicted octanol–water partition coefficient (Wildman–Crippen LogP) is 1.75. The second-order valence-electron chi connectivity index (χ2n) is 6.27. The van der Waals surface area contributed by atoms with Crippen LogP contribution in [0.2, 0.25) is 0 Å². The summed E-state index contributed by atoms with van der Waals surface area (Å²) in [6.07, 6.45) is 3.23. The summed E-state index contributed by atoms with van der Waals surface area (Å²) < 4.78 is 0. The quantitative estimate of drug-likeness (QED) is 0.585. The molecule has 1 saturated heterocycles. The Morgan fingerprint density at radius 2 is 2.27 bits per heavy atom. The SMILES string of the molecule is CN=C(NCC1CCc2ccccc21)NCC1(O)CCSC1. The third kappa shape index (κ3) is 3.58. The van der Waals surface area contributed by atoms with Crippen LogP contribution >= 0.6 is 11.8 Å². The van der Waals surface area contributed by atoms with E-state index < -0.39 is 5.60 Å². The van der Waals surface area contributed by atoms with Gasteiger partial charge in [-0.05, 0) is 36.1 Å². The molecule has 1 aliphatic heterocycles.